The summed E-state index contributed by atoms with van der Waals surface area (Å²) in [6, 6.07) is 34.4. The number of hydrogen-bond acceptors (Lipinski definition) is 3. The monoisotopic (exact) mass is 462 g/mol. The van der Waals surface area contributed by atoms with Crippen LogP contribution < -0.4 is 4.90 Å². The molecule has 168 valence electrons. The van der Waals surface area contributed by atoms with Crippen LogP contribution in [0.25, 0.3) is 10.2 Å². The zero-order chi connectivity index (χ0) is 23.5. The van der Waals surface area contributed by atoms with Gasteiger partial charge in [0.15, 0.2) is 5.13 Å². The Morgan fingerprint density at radius 1 is 0.794 bits per heavy atom. The standard InChI is InChI=1S/C30H26N2OS/c1-21-18-26-27(19-22(21)2)34-30(31-26)32(20-23-12-6-3-7-13-23)29(33)28(24-14-8-4-9-15-24)25-16-10-5-11-17-25/h3-19,28H,20H2,1-2H3. The Balaban J connectivity index is 1.63. The topological polar surface area (TPSA) is 33.2 Å². The van der Waals surface area contributed by atoms with Crippen molar-refractivity contribution in [2.45, 2.75) is 26.3 Å². The normalized spacial score (nSPS) is 11.1. The third kappa shape index (κ3) is 4.50. The van der Waals surface area contributed by atoms with Crippen LogP contribution in [0.15, 0.2) is 103 Å². The lowest BCUT2D eigenvalue weighted by molar-refractivity contribution is -0.119. The summed E-state index contributed by atoms with van der Waals surface area (Å²) in [7, 11) is 0. The Labute approximate surface area is 204 Å². The van der Waals surface area contributed by atoms with Gasteiger partial charge in [0.25, 0.3) is 0 Å². The summed E-state index contributed by atoms with van der Waals surface area (Å²) >= 11 is 1.58. The molecule has 0 aliphatic carbocycles. The Bertz CT molecular complexity index is 1330. The molecule has 5 rings (SSSR count). The first kappa shape index (κ1) is 22.1. The van der Waals surface area contributed by atoms with Gasteiger partial charge in [0.05, 0.1) is 22.7 Å². The summed E-state index contributed by atoms with van der Waals surface area (Å²) in [5.41, 5.74) is 6.40. The fourth-order valence-electron chi connectivity index (χ4n) is 4.21. The van der Waals surface area contributed by atoms with Gasteiger partial charge in [0, 0.05) is 0 Å². The summed E-state index contributed by atoms with van der Waals surface area (Å²) in [6.07, 6.45) is 0. The second-order valence-corrected chi connectivity index (χ2v) is 9.57. The van der Waals surface area contributed by atoms with Crippen LogP contribution in [-0.2, 0) is 11.3 Å². The molecule has 0 aliphatic rings. The Morgan fingerprint density at radius 3 is 1.91 bits per heavy atom. The number of carbonyl (C=O) groups is 1. The van der Waals surface area contributed by atoms with E-state index < -0.39 is 5.92 Å². The highest BCUT2D eigenvalue weighted by Gasteiger charge is 2.30. The maximum absolute atomic E-state index is 14.4. The molecule has 0 saturated heterocycles. The zero-order valence-corrected chi connectivity index (χ0v) is 20.1. The minimum atomic E-state index is -0.415. The molecule has 3 nitrogen and oxygen atoms in total. The number of thiazole rings is 1. The van der Waals surface area contributed by atoms with Crippen LogP contribution >= 0.6 is 11.3 Å². The molecule has 4 aromatic carbocycles. The van der Waals surface area contributed by atoms with Crippen LogP contribution in [0.1, 0.15) is 33.7 Å². The SMILES string of the molecule is Cc1cc2nc(N(Cc3ccccc3)C(=O)C(c3ccccc3)c3ccccc3)sc2cc1C. The molecule has 34 heavy (non-hydrogen) atoms. The summed E-state index contributed by atoms with van der Waals surface area (Å²) < 4.78 is 1.10. The number of fused-ring (bicyclic) bond motifs is 1. The van der Waals surface area contributed by atoms with Crippen molar-refractivity contribution < 1.29 is 4.79 Å². The van der Waals surface area contributed by atoms with E-state index in [1.807, 2.05) is 83.8 Å². The van der Waals surface area contributed by atoms with E-state index in [0.29, 0.717) is 6.54 Å². The Kier molecular flexibility index (Phi) is 6.24. The fraction of sp³-hybridized carbons (Fsp3) is 0.133. The summed E-state index contributed by atoms with van der Waals surface area (Å²) in [4.78, 5) is 21.1. The molecule has 0 saturated carbocycles. The van der Waals surface area contributed by atoms with Gasteiger partial charge >= 0.3 is 0 Å². The number of benzene rings is 4. The van der Waals surface area contributed by atoms with Gasteiger partial charge in [-0.05, 0) is 53.8 Å². The predicted octanol–water partition coefficient (Wildman–Crippen LogP) is 7.28. The highest BCUT2D eigenvalue weighted by Crippen LogP contribution is 2.35. The van der Waals surface area contributed by atoms with E-state index in [1.54, 1.807) is 11.3 Å². The number of carbonyl (C=O) groups excluding carboxylic acids is 1. The molecule has 0 atom stereocenters. The van der Waals surface area contributed by atoms with Gasteiger partial charge in [-0.2, -0.15) is 0 Å². The molecule has 0 unspecified atom stereocenters. The smallest absolute Gasteiger partial charge is 0.241 e. The van der Waals surface area contributed by atoms with Gasteiger partial charge in [-0.3, -0.25) is 9.69 Å². The van der Waals surface area contributed by atoms with Gasteiger partial charge in [0.1, 0.15) is 0 Å². The summed E-state index contributed by atoms with van der Waals surface area (Å²) in [5.74, 6) is -0.393. The van der Waals surface area contributed by atoms with Crippen molar-refractivity contribution in [1.82, 2.24) is 4.98 Å². The van der Waals surface area contributed by atoms with Crippen LogP contribution in [0, 0.1) is 13.8 Å². The first-order valence-corrected chi connectivity index (χ1v) is 12.2. The van der Waals surface area contributed by atoms with E-state index >= 15 is 0 Å². The lowest BCUT2D eigenvalue weighted by Gasteiger charge is -2.26. The molecule has 5 aromatic rings. The average molecular weight is 463 g/mol. The van der Waals surface area contributed by atoms with Crippen molar-refractivity contribution in [3.05, 3.63) is 131 Å². The van der Waals surface area contributed by atoms with Gasteiger partial charge in [-0.25, -0.2) is 4.98 Å². The van der Waals surface area contributed by atoms with Crippen molar-refractivity contribution in [3.8, 4) is 0 Å². The maximum atomic E-state index is 14.4. The lowest BCUT2D eigenvalue weighted by atomic mass is 9.90. The lowest BCUT2D eigenvalue weighted by Crippen LogP contribution is -2.35. The highest BCUT2D eigenvalue weighted by molar-refractivity contribution is 7.22. The third-order valence-electron chi connectivity index (χ3n) is 6.19. The van der Waals surface area contributed by atoms with Gasteiger partial charge in [-0.1, -0.05) is 102 Å². The second-order valence-electron chi connectivity index (χ2n) is 8.56. The number of rotatable bonds is 6. The van der Waals surface area contributed by atoms with Gasteiger partial charge < -0.3 is 0 Å². The molecule has 1 aromatic heterocycles. The van der Waals surface area contributed by atoms with E-state index in [1.165, 1.54) is 11.1 Å². The first-order chi connectivity index (χ1) is 16.6. The summed E-state index contributed by atoms with van der Waals surface area (Å²) in [5, 5.41) is 0.728. The van der Waals surface area contributed by atoms with E-state index in [0.717, 1.165) is 32.0 Å². The van der Waals surface area contributed by atoms with Crippen LogP contribution in [-0.4, -0.2) is 10.9 Å². The first-order valence-electron chi connectivity index (χ1n) is 11.4. The number of amides is 1. The Hall–Kier alpha value is -3.76. The summed E-state index contributed by atoms with van der Waals surface area (Å²) in [6.45, 7) is 4.68. The third-order valence-corrected chi connectivity index (χ3v) is 7.23. The predicted molar refractivity (Wildman–Crippen MR) is 141 cm³/mol. The second kappa shape index (κ2) is 9.62. The molecule has 0 bridgehead atoms. The average Bonchev–Trinajstić information content (AvgIpc) is 3.27. The molecular weight excluding hydrogens is 436 g/mol. The fourth-order valence-corrected chi connectivity index (χ4v) is 5.26. The number of nitrogens with zero attached hydrogens (tertiary/aromatic N) is 2. The van der Waals surface area contributed by atoms with E-state index in [9.17, 15) is 4.79 Å². The van der Waals surface area contributed by atoms with Crippen molar-refractivity contribution in [3.63, 3.8) is 0 Å². The molecule has 0 radical (unpaired) electrons. The molecular formula is C30H26N2OS. The molecule has 1 heterocycles. The molecule has 0 spiro atoms. The van der Waals surface area contributed by atoms with Crippen molar-refractivity contribution >= 4 is 32.6 Å². The minimum absolute atomic E-state index is 0.0220. The van der Waals surface area contributed by atoms with E-state index in [-0.39, 0.29) is 5.91 Å². The molecule has 0 N–H and O–H groups in total. The number of hydrogen-bond donors (Lipinski definition) is 0. The molecule has 1 amide bonds. The van der Waals surface area contributed by atoms with Gasteiger partial charge in [0.2, 0.25) is 5.91 Å². The van der Waals surface area contributed by atoms with E-state index in [4.69, 9.17) is 4.98 Å². The maximum Gasteiger partial charge on any atom is 0.241 e. The van der Waals surface area contributed by atoms with Crippen molar-refractivity contribution in [2.75, 3.05) is 4.90 Å². The zero-order valence-electron chi connectivity index (χ0n) is 19.3. The van der Waals surface area contributed by atoms with E-state index in [2.05, 4.69) is 38.1 Å². The van der Waals surface area contributed by atoms with Crippen LogP contribution in [0.4, 0.5) is 5.13 Å². The van der Waals surface area contributed by atoms with Crippen LogP contribution in [0.2, 0.25) is 0 Å². The highest BCUT2D eigenvalue weighted by atomic mass is 32.1. The number of anilines is 1. The molecule has 0 aliphatic heterocycles. The van der Waals surface area contributed by atoms with Crippen LogP contribution in [0.3, 0.4) is 0 Å². The number of aromatic nitrogens is 1. The van der Waals surface area contributed by atoms with Crippen LogP contribution in [0.5, 0.6) is 0 Å². The van der Waals surface area contributed by atoms with Crippen molar-refractivity contribution in [2.24, 2.45) is 0 Å². The van der Waals surface area contributed by atoms with Crippen molar-refractivity contribution in [1.29, 1.82) is 0 Å². The number of aryl methyl sites for hydroxylation is 2. The molecule has 0 fully saturated rings. The Morgan fingerprint density at radius 2 is 1.32 bits per heavy atom. The largest absolute Gasteiger partial charge is 0.283 e. The minimum Gasteiger partial charge on any atom is -0.283 e. The quantitative estimate of drug-likeness (QED) is 0.266. The van der Waals surface area contributed by atoms with Gasteiger partial charge in [-0.15, -0.1) is 0 Å². The molecule has 4 heteroatoms.